The summed E-state index contributed by atoms with van der Waals surface area (Å²) in [6.45, 7) is -0.629. The number of amides is 1. The van der Waals surface area contributed by atoms with Gasteiger partial charge in [0.05, 0.1) is 5.56 Å². The number of benzene rings is 2. The first-order valence-corrected chi connectivity index (χ1v) is 10.5. The summed E-state index contributed by atoms with van der Waals surface area (Å²) in [5.74, 6) is -2.51. The molecule has 1 aliphatic rings. The van der Waals surface area contributed by atoms with Gasteiger partial charge < -0.3 is 9.64 Å². The molecule has 1 fully saturated rings. The summed E-state index contributed by atoms with van der Waals surface area (Å²) in [6, 6.07) is 6.01. The van der Waals surface area contributed by atoms with E-state index in [0.717, 1.165) is 40.7 Å². The smallest absolute Gasteiger partial charge is 0.416 e. The molecule has 0 aromatic heterocycles. The first kappa shape index (κ1) is 22.9. The zero-order chi connectivity index (χ0) is 22.8. The second-order valence-corrected chi connectivity index (χ2v) is 8.58. The van der Waals surface area contributed by atoms with Gasteiger partial charge in [-0.25, -0.2) is 17.2 Å². The maximum atomic E-state index is 13.9. The van der Waals surface area contributed by atoms with Crippen LogP contribution in [0.1, 0.15) is 5.56 Å². The third-order valence-electron chi connectivity index (χ3n) is 4.65. The number of sulfonamides is 1. The molecule has 1 saturated heterocycles. The topological polar surface area (TPSA) is 66.9 Å². The predicted octanol–water partition coefficient (Wildman–Crippen LogP) is 2.90. The summed E-state index contributed by atoms with van der Waals surface area (Å²) >= 11 is 0. The van der Waals surface area contributed by atoms with Crippen LogP contribution in [0.15, 0.2) is 47.4 Å². The predicted molar refractivity (Wildman–Crippen MR) is 98.6 cm³/mol. The lowest BCUT2D eigenvalue weighted by Crippen LogP contribution is -2.51. The zero-order valence-electron chi connectivity index (χ0n) is 15.9. The molecular weight excluding hydrogens is 447 g/mol. The Kier molecular flexibility index (Phi) is 6.51. The van der Waals surface area contributed by atoms with Gasteiger partial charge in [-0.15, -0.1) is 0 Å². The normalized spacial score (nSPS) is 15.7. The van der Waals surface area contributed by atoms with E-state index >= 15 is 0 Å². The van der Waals surface area contributed by atoms with Crippen molar-refractivity contribution in [2.75, 3.05) is 32.8 Å². The Balaban J connectivity index is 1.55. The second-order valence-electron chi connectivity index (χ2n) is 6.67. The number of piperazine rings is 1. The third kappa shape index (κ3) is 5.31. The van der Waals surface area contributed by atoms with Crippen LogP contribution in [-0.4, -0.2) is 56.3 Å². The van der Waals surface area contributed by atoms with Gasteiger partial charge in [0.2, 0.25) is 10.0 Å². The summed E-state index contributed by atoms with van der Waals surface area (Å²) < 4.78 is 95.9. The van der Waals surface area contributed by atoms with E-state index in [0.29, 0.717) is 6.07 Å². The first-order chi connectivity index (χ1) is 14.5. The fraction of sp³-hybridized carbons (Fsp3) is 0.316. The Morgan fingerprint density at radius 1 is 0.968 bits per heavy atom. The summed E-state index contributed by atoms with van der Waals surface area (Å²) in [4.78, 5) is 12.9. The fourth-order valence-corrected chi connectivity index (χ4v) is 4.45. The van der Waals surface area contributed by atoms with E-state index in [4.69, 9.17) is 4.74 Å². The highest BCUT2D eigenvalue weighted by Crippen LogP contribution is 2.30. The van der Waals surface area contributed by atoms with Crippen LogP contribution >= 0.6 is 0 Å². The second kappa shape index (κ2) is 8.79. The summed E-state index contributed by atoms with van der Waals surface area (Å²) in [5, 5.41) is 0. The Morgan fingerprint density at radius 3 is 2.13 bits per heavy atom. The molecule has 0 radical (unpaired) electrons. The zero-order valence-corrected chi connectivity index (χ0v) is 16.7. The molecule has 0 unspecified atom stereocenters. The van der Waals surface area contributed by atoms with Gasteiger partial charge in [-0.2, -0.15) is 17.5 Å². The fourth-order valence-electron chi connectivity index (χ4n) is 2.98. The average Bonchev–Trinajstić information content (AvgIpc) is 2.71. The van der Waals surface area contributed by atoms with Crippen LogP contribution in [0.2, 0.25) is 0 Å². The molecule has 0 N–H and O–H groups in total. The first-order valence-electron chi connectivity index (χ1n) is 9.01. The lowest BCUT2D eigenvalue weighted by molar-refractivity contribution is -0.138. The van der Waals surface area contributed by atoms with Crippen molar-refractivity contribution >= 4 is 15.9 Å². The van der Waals surface area contributed by atoms with Crippen molar-refractivity contribution in [3.63, 3.8) is 0 Å². The number of alkyl halides is 3. The van der Waals surface area contributed by atoms with Crippen LogP contribution in [0, 0.1) is 11.6 Å². The van der Waals surface area contributed by atoms with Gasteiger partial charge in [0.1, 0.15) is 22.3 Å². The monoisotopic (exact) mass is 464 g/mol. The quantitative estimate of drug-likeness (QED) is 0.639. The van der Waals surface area contributed by atoms with E-state index in [-0.39, 0.29) is 31.9 Å². The lowest BCUT2D eigenvalue weighted by atomic mass is 10.2. The van der Waals surface area contributed by atoms with Gasteiger partial charge in [-0.3, -0.25) is 4.79 Å². The van der Waals surface area contributed by atoms with Gasteiger partial charge in [0, 0.05) is 32.2 Å². The minimum Gasteiger partial charge on any atom is -0.484 e. The largest absolute Gasteiger partial charge is 0.484 e. The van der Waals surface area contributed by atoms with Gasteiger partial charge in [0.25, 0.3) is 5.91 Å². The molecule has 2 aromatic carbocycles. The molecule has 2 aromatic rings. The molecule has 0 atom stereocenters. The van der Waals surface area contributed by atoms with Gasteiger partial charge in [-0.05, 0) is 36.4 Å². The van der Waals surface area contributed by atoms with Crippen LogP contribution in [0.4, 0.5) is 22.0 Å². The Labute approximate surface area is 174 Å². The standard InChI is InChI=1S/C19H17F5N2O4S/c20-14-3-6-17(16(21)11-14)31(28,29)26-9-7-25(8-10-26)18(27)12-30-15-4-1-13(2-5-15)19(22,23)24/h1-6,11H,7-10,12H2. The minimum atomic E-state index is -4.48. The molecule has 168 valence electrons. The van der Waals surface area contributed by atoms with E-state index in [9.17, 15) is 35.2 Å². The van der Waals surface area contributed by atoms with E-state index in [1.807, 2.05) is 0 Å². The van der Waals surface area contributed by atoms with Crippen molar-refractivity contribution in [1.29, 1.82) is 0 Å². The highest BCUT2D eigenvalue weighted by Gasteiger charge is 2.32. The number of hydrogen-bond donors (Lipinski definition) is 0. The SMILES string of the molecule is O=C(COc1ccc(C(F)(F)F)cc1)N1CCN(S(=O)(=O)c2ccc(F)cc2F)CC1. The highest BCUT2D eigenvalue weighted by molar-refractivity contribution is 7.89. The average molecular weight is 464 g/mol. The maximum Gasteiger partial charge on any atom is 0.416 e. The van der Waals surface area contributed by atoms with Gasteiger partial charge in [0.15, 0.2) is 6.61 Å². The van der Waals surface area contributed by atoms with Crippen molar-refractivity contribution in [1.82, 2.24) is 9.21 Å². The Hall–Kier alpha value is -2.73. The number of nitrogens with zero attached hydrogens (tertiary/aromatic N) is 2. The number of halogens is 5. The molecule has 6 nitrogen and oxygen atoms in total. The van der Waals surface area contributed by atoms with Crippen LogP contribution < -0.4 is 4.74 Å². The molecule has 3 rings (SSSR count). The summed E-state index contributed by atoms with van der Waals surface area (Å²) in [6.07, 6.45) is -4.48. The molecule has 1 heterocycles. The molecule has 1 aliphatic heterocycles. The highest BCUT2D eigenvalue weighted by atomic mass is 32.2. The number of hydrogen-bond acceptors (Lipinski definition) is 4. The van der Waals surface area contributed by atoms with Crippen LogP contribution in [0.25, 0.3) is 0 Å². The van der Waals surface area contributed by atoms with Gasteiger partial charge >= 0.3 is 6.18 Å². The molecule has 1 amide bonds. The number of rotatable bonds is 5. The molecular formula is C19H17F5N2O4S. The number of carbonyl (C=O) groups excluding carboxylic acids is 1. The van der Waals surface area contributed by atoms with E-state index in [2.05, 4.69) is 0 Å². The van der Waals surface area contributed by atoms with Crippen molar-refractivity contribution in [2.45, 2.75) is 11.1 Å². The van der Waals surface area contributed by atoms with Crippen molar-refractivity contribution < 1.29 is 39.9 Å². The molecule has 0 bridgehead atoms. The lowest BCUT2D eigenvalue weighted by Gasteiger charge is -2.34. The van der Waals surface area contributed by atoms with Crippen LogP contribution in [-0.2, 0) is 21.0 Å². The Morgan fingerprint density at radius 2 is 1.58 bits per heavy atom. The minimum absolute atomic E-state index is 0.0112. The van der Waals surface area contributed by atoms with Crippen LogP contribution in [0.5, 0.6) is 5.75 Å². The number of carbonyl (C=O) groups is 1. The van der Waals surface area contributed by atoms with E-state index in [1.165, 1.54) is 4.90 Å². The summed E-state index contributed by atoms with van der Waals surface area (Å²) in [7, 11) is -4.20. The maximum absolute atomic E-state index is 13.9. The molecule has 31 heavy (non-hydrogen) atoms. The molecule has 12 heteroatoms. The molecule has 0 aliphatic carbocycles. The van der Waals surface area contributed by atoms with Crippen molar-refractivity contribution in [2.24, 2.45) is 0 Å². The molecule has 0 spiro atoms. The van der Waals surface area contributed by atoms with E-state index < -0.39 is 50.8 Å². The Bertz CT molecular complexity index is 1050. The van der Waals surface area contributed by atoms with Gasteiger partial charge in [-0.1, -0.05) is 0 Å². The molecule has 0 saturated carbocycles. The van der Waals surface area contributed by atoms with Crippen molar-refractivity contribution in [3.8, 4) is 5.75 Å². The third-order valence-corrected chi connectivity index (χ3v) is 6.58. The van der Waals surface area contributed by atoms with Crippen molar-refractivity contribution in [3.05, 3.63) is 59.7 Å². The number of ether oxygens (including phenoxy) is 1. The summed E-state index contributed by atoms with van der Waals surface area (Å²) in [5.41, 5.74) is -0.846. The van der Waals surface area contributed by atoms with Crippen LogP contribution in [0.3, 0.4) is 0 Å². The van der Waals surface area contributed by atoms with E-state index in [1.54, 1.807) is 0 Å².